The Kier molecular flexibility index (Phi) is 4.92. The Morgan fingerprint density at radius 2 is 2.17 bits per heavy atom. The summed E-state index contributed by atoms with van der Waals surface area (Å²) < 4.78 is 12.1. The van der Waals surface area contributed by atoms with Gasteiger partial charge in [0.05, 0.1) is 18.4 Å². The molecule has 3 rings (SSSR count). The number of esters is 1. The van der Waals surface area contributed by atoms with Crippen molar-refractivity contribution < 1.29 is 18.7 Å². The molecule has 1 amide bonds. The maximum atomic E-state index is 12.5. The van der Waals surface area contributed by atoms with Crippen molar-refractivity contribution in [1.82, 2.24) is 9.88 Å². The number of amides is 1. The van der Waals surface area contributed by atoms with Crippen molar-refractivity contribution in [2.75, 3.05) is 6.61 Å². The summed E-state index contributed by atoms with van der Waals surface area (Å²) >= 11 is 0. The monoisotopic (exact) mass is 332 g/mol. The first-order chi connectivity index (χ1) is 11.6. The number of hydrogen-bond acceptors (Lipinski definition) is 4. The fraction of sp³-hybridized carbons (Fsp3) is 0.556. The highest BCUT2D eigenvalue weighted by atomic mass is 16.5. The second-order valence-electron chi connectivity index (χ2n) is 6.44. The molecule has 130 valence electrons. The lowest BCUT2D eigenvalue weighted by atomic mass is 9.86. The van der Waals surface area contributed by atoms with Crippen LogP contribution < -0.4 is 5.32 Å². The number of nitrogens with zero attached hydrogens (tertiary/aromatic N) is 1. The molecule has 2 heterocycles. The summed E-state index contributed by atoms with van der Waals surface area (Å²) in [5, 5.41) is 3.12. The molecule has 2 aromatic rings. The van der Waals surface area contributed by atoms with Crippen LogP contribution in [0.25, 0.3) is 11.1 Å². The van der Waals surface area contributed by atoms with Crippen molar-refractivity contribution >= 4 is 23.0 Å². The van der Waals surface area contributed by atoms with Crippen molar-refractivity contribution in [2.45, 2.75) is 52.1 Å². The van der Waals surface area contributed by atoms with Crippen LogP contribution in [0.3, 0.4) is 0 Å². The third kappa shape index (κ3) is 3.32. The minimum Gasteiger partial charge on any atom is -0.463 e. The van der Waals surface area contributed by atoms with E-state index in [9.17, 15) is 9.59 Å². The summed E-state index contributed by atoms with van der Waals surface area (Å²) in [6, 6.07) is 3.60. The Labute approximate surface area is 141 Å². The normalized spacial score (nSPS) is 20.9. The van der Waals surface area contributed by atoms with Crippen molar-refractivity contribution in [3.8, 4) is 0 Å². The SMILES string of the molecule is CCOC(=O)c1cc2occc2n1CC(=O)N[C@@H]1CCCC[C@H]1C. The van der Waals surface area contributed by atoms with Crippen LogP contribution in [0.4, 0.5) is 0 Å². The molecule has 0 aromatic carbocycles. The van der Waals surface area contributed by atoms with Gasteiger partial charge in [-0.1, -0.05) is 19.8 Å². The van der Waals surface area contributed by atoms with E-state index in [0.717, 1.165) is 24.8 Å². The third-order valence-electron chi connectivity index (χ3n) is 4.77. The van der Waals surface area contributed by atoms with Crippen LogP contribution in [-0.4, -0.2) is 29.1 Å². The summed E-state index contributed by atoms with van der Waals surface area (Å²) in [7, 11) is 0. The van der Waals surface area contributed by atoms with E-state index >= 15 is 0 Å². The quantitative estimate of drug-likeness (QED) is 0.854. The fourth-order valence-electron chi connectivity index (χ4n) is 3.45. The lowest BCUT2D eigenvalue weighted by molar-refractivity contribution is -0.122. The molecule has 0 aliphatic heterocycles. The molecule has 0 unspecified atom stereocenters. The van der Waals surface area contributed by atoms with Crippen molar-refractivity contribution in [1.29, 1.82) is 0 Å². The molecule has 6 nitrogen and oxygen atoms in total. The fourth-order valence-corrected chi connectivity index (χ4v) is 3.45. The number of aromatic nitrogens is 1. The minimum atomic E-state index is -0.442. The molecular weight excluding hydrogens is 308 g/mol. The van der Waals surface area contributed by atoms with Gasteiger partial charge in [0.2, 0.25) is 5.91 Å². The van der Waals surface area contributed by atoms with Gasteiger partial charge in [-0.2, -0.15) is 0 Å². The van der Waals surface area contributed by atoms with Gasteiger partial charge in [-0.15, -0.1) is 0 Å². The highest BCUT2D eigenvalue weighted by Crippen LogP contribution is 2.24. The summed E-state index contributed by atoms with van der Waals surface area (Å²) in [4.78, 5) is 24.6. The Morgan fingerprint density at radius 3 is 2.92 bits per heavy atom. The van der Waals surface area contributed by atoms with E-state index in [4.69, 9.17) is 9.15 Å². The Balaban J connectivity index is 1.77. The number of nitrogens with one attached hydrogen (secondary N) is 1. The van der Waals surface area contributed by atoms with Gasteiger partial charge < -0.3 is 19.0 Å². The van der Waals surface area contributed by atoms with E-state index in [1.807, 2.05) is 0 Å². The summed E-state index contributed by atoms with van der Waals surface area (Å²) in [5.41, 5.74) is 1.65. The van der Waals surface area contributed by atoms with Gasteiger partial charge in [0.25, 0.3) is 0 Å². The molecular formula is C18H24N2O4. The van der Waals surface area contributed by atoms with Gasteiger partial charge in [0.15, 0.2) is 5.58 Å². The minimum absolute atomic E-state index is 0.0837. The zero-order chi connectivity index (χ0) is 17.1. The number of hydrogen-bond donors (Lipinski definition) is 1. The molecule has 2 atom stereocenters. The first-order valence-corrected chi connectivity index (χ1v) is 8.63. The van der Waals surface area contributed by atoms with Crippen molar-refractivity contribution in [2.24, 2.45) is 5.92 Å². The molecule has 1 saturated carbocycles. The molecule has 1 fully saturated rings. The van der Waals surface area contributed by atoms with Gasteiger partial charge in [-0.25, -0.2) is 4.79 Å². The standard InChI is InChI=1S/C18H24N2O4/c1-3-23-18(22)15-10-16-14(8-9-24-16)20(15)11-17(21)19-13-7-5-4-6-12(13)2/h8-10,12-13H,3-7,11H2,1-2H3,(H,19,21)/t12-,13-/m1/s1. The molecule has 0 saturated heterocycles. The van der Waals surface area contributed by atoms with E-state index in [1.54, 1.807) is 29.9 Å². The second kappa shape index (κ2) is 7.11. The second-order valence-corrected chi connectivity index (χ2v) is 6.44. The van der Waals surface area contributed by atoms with E-state index in [0.29, 0.717) is 17.2 Å². The van der Waals surface area contributed by atoms with E-state index in [2.05, 4.69) is 12.2 Å². The third-order valence-corrected chi connectivity index (χ3v) is 4.77. The number of carbonyl (C=O) groups excluding carboxylic acids is 2. The van der Waals surface area contributed by atoms with E-state index in [-0.39, 0.29) is 25.1 Å². The van der Waals surface area contributed by atoms with Crippen LogP contribution in [-0.2, 0) is 16.1 Å². The van der Waals surface area contributed by atoms with Crippen LogP contribution in [0.5, 0.6) is 0 Å². The molecule has 0 bridgehead atoms. The highest BCUT2D eigenvalue weighted by Gasteiger charge is 2.25. The molecule has 0 radical (unpaired) electrons. The summed E-state index contributed by atoms with van der Waals surface area (Å²) in [5.74, 6) is -0.0356. The van der Waals surface area contributed by atoms with Gasteiger partial charge in [-0.3, -0.25) is 4.79 Å². The molecule has 1 aliphatic rings. The average molecular weight is 332 g/mol. The van der Waals surface area contributed by atoms with Crippen LogP contribution in [0, 0.1) is 5.92 Å². The first kappa shape index (κ1) is 16.6. The highest BCUT2D eigenvalue weighted by molar-refractivity contribution is 5.95. The molecule has 24 heavy (non-hydrogen) atoms. The van der Waals surface area contributed by atoms with Gasteiger partial charge >= 0.3 is 5.97 Å². The molecule has 1 aliphatic carbocycles. The lowest BCUT2D eigenvalue weighted by Gasteiger charge is -2.29. The first-order valence-electron chi connectivity index (χ1n) is 8.63. The topological polar surface area (TPSA) is 73.5 Å². The number of carbonyl (C=O) groups is 2. The Hall–Kier alpha value is -2.24. The predicted molar refractivity (Wildman–Crippen MR) is 89.7 cm³/mol. The average Bonchev–Trinajstić information content (AvgIpc) is 3.12. The zero-order valence-electron chi connectivity index (χ0n) is 14.2. The van der Waals surface area contributed by atoms with Crippen LogP contribution in [0.2, 0.25) is 0 Å². The maximum Gasteiger partial charge on any atom is 0.355 e. The van der Waals surface area contributed by atoms with E-state index in [1.165, 1.54) is 6.42 Å². The molecule has 2 aromatic heterocycles. The van der Waals surface area contributed by atoms with Gasteiger partial charge in [-0.05, 0) is 25.7 Å². The molecule has 6 heteroatoms. The van der Waals surface area contributed by atoms with Gasteiger partial charge in [0, 0.05) is 18.2 Å². The van der Waals surface area contributed by atoms with Crippen LogP contribution in [0.15, 0.2) is 22.8 Å². The summed E-state index contributed by atoms with van der Waals surface area (Å²) in [6.45, 7) is 4.31. The number of ether oxygens (including phenoxy) is 1. The number of rotatable bonds is 5. The predicted octanol–water partition coefficient (Wildman–Crippen LogP) is 3.11. The van der Waals surface area contributed by atoms with Crippen LogP contribution >= 0.6 is 0 Å². The molecule has 1 N–H and O–H groups in total. The van der Waals surface area contributed by atoms with Crippen LogP contribution in [0.1, 0.15) is 50.0 Å². The Morgan fingerprint density at radius 1 is 1.38 bits per heavy atom. The van der Waals surface area contributed by atoms with Crippen molar-refractivity contribution in [3.05, 3.63) is 24.1 Å². The number of fused-ring (bicyclic) bond motifs is 1. The van der Waals surface area contributed by atoms with E-state index < -0.39 is 5.97 Å². The van der Waals surface area contributed by atoms with Gasteiger partial charge in [0.1, 0.15) is 12.2 Å². The van der Waals surface area contributed by atoms with Crippen molar-refractivity contribution in [3.63, 3.8) is 0 Å². The zero-order valence-corrected chi connectivity index (χ0v) is 14.2. The lowest BCUT2D eigenvalue weighted by Crippen LogP contribution is -2.42. The Bertz CT molecular complexity index is 731. The summed E-state index contributed by atoms with van der Waals surface area (Å²) in [6.07, 6.45) is 6.10. The smallest absolute Gasteiger partial charge is 0.355 e. The number of furan rings is 1. The maximum absolute atomic E-state index is 12.5. The largest absolute Gasteiger partial charge is 0.463 e. The molecule has 0 spiro atoms.